The second-order valence-corrected chi connectivity index (χ2v) is 6.56. The number of nitrogens with one attached hydrogen (secondary N) is 3. The molecule has 0 aliphatic heterocycles. The predicted molar refractivity (Wildman–Crippen MR) is 120 cm³/mol. The lowest BCUT2D eigenvalue weighted by Crippen LogP contribution is -2.19. The van der Waals surface area contributed by atoms with Gasteiger partial charge in [0.05, 0.1) is 11.3 Å². The van der Waals surface area contributed by atoms with Gasteiger partial charge in [-0.15, -0.1) is 0 Å². The number of pyridine rings is 1. The molecule has 2 aromatic carbocycles. The number of carbonyl (C=O) groups excluding carboxylic acids is 1. The van der Waals surface area contributed by atoms with Gasteiger partial charge in [-0.25, -0.2) is 24.1 Å². The first-order chi connectivity index (χ1) is 15.6. The molecule has 0 radical (unpaired) electrons. The van der Waals surface area contributed by atoms with Crippen LogP contribution in [0.5, 0.6) is 11.6 Å². The van der Waals surface area contributed by atoms with Crippen LogP contribution in [0.1, 0.15) is 0 Å². The van der Waals surface area contributed by atoms with E-state index >= 15 is 0 Å². The maximum Gasteiger partial charge on any atom is 0.323 e. The number of hydrogen-bond acceptors (Lipinski definition) is 6. The fourth-order valence-corrected chi connectivity index (χ4v) is 2.88. The fourth-order valence-electron chi connectivity index (χ4n) is 2.88. The molecule has 0 fully saturated rings. The number of rotatable bonds is 6. The Morgan fingerprint density at radius 2 is 1.72 bits per heavy atom. The van der Waals surface area contributed by atoms with Crippen LogP contribution in [0, 0.1) is 5.82 Å². The number of hydrogen-bond donors (Lipinski definition) is 3. The summed E-state index contributed by atoms with van der Waals surface area (Å²) >= 11 is 0. The van der Waals surface area contributed by atoms with E-state index in [-0.39, 0.29) is 17.3 Å². The van der Waals surface area contributed by atoms with E-state index in [2.05, 4.69) is 30.9 Å². The minimum Gasteiger partial charge on any atom is -0.435 e. The van der Waals surface area contributed by atoms with Gasteiger partial charge in [0.2, 0.25) is 11.8 Å². The SMILES string of the molecule is CNc1nccc(-c2cccnc2Oc2ccc(NC(=O)Nc3ccccc3)cc2F)n1. The summed E-state index contributed by atoms with van der Waals surface area (Å²) in [5, 5.41) is 8.12. The standard InChI is InChI=1S/C23H19FN6O2/c1-25-22-27-13-11-19(30-22)17-8-5-12-26-21(17)32-20-10-9-16(14-18(20)24)29-23(31)28-15-6-3-2-4-7-15/h2-14H,1H3,(H,25,27,30)(H2,28,29,31). The lowest BCUT2D eigenvalue weighted by atomic mass is 10.2. The van der Waals surface area contributed by atoms with Crippen LogP contribution in [0.4, 0.5) is 26.5 Å². The minimum atomic E-state index is -0.655. The van der Waals surface area contributed by atoms with Gasteiger partial charge >= 0.3 is 6.03 Å². The van der Waals surface area contributed by atoms with E-state index in [0.717, 1.165) is 0 Å². The molecule has 8 nitrogen and oxygen atoms in total. The number of nitrogens with zero attached hydrogens (tertiary/aromatic N) is 3. The summed E-state index contributed by atoms with van der Waals surface area (Å²) < 4.78 is 20.4. The van der Waals surface area contributed by atoms with Gasteiger partial charge in [-0.05, 0) is 42.5 Å². The van der Waals surface area contributed by atoms with Crippen LogP contribution >= 0.6 is 0 Å². The van der Waals surface area contributed by atoms with Crippen LogP contribution in [-0.2, 0) is 0 Å². The van der Waals surface area contributed by atoms with Crippen molar-refractivity contribution in [3.8, 4) is 22.9 Å². The van der Waals surface area contributed by atoms with Crippen molar-refractivity contribution in [1.82, 2.24) is 15.0 Å². The molecular formula is C23H19FN6O2. The quantitative estimate of drug-likeness (QED) is 0.391. The van der Waals surface area contributed by atoms with Crippen molar-refractivity contribution in [2.75, 3.05) is 23.0 Å². The third kappa shape index (κ3) is 4.96. The lowest BCUT2D eigenvalue weighted by Gasteiger charge is -2.12. The molecule has 0 unspecified atom stereocenters. The highest BCUT2D eigenvalue weighted by molar-refractivity contribution is 5.99. The largest absolute Gasteiger partial charge is 0.435 e. The molecule has 2 aromatic heterocycles. The molecule has 4 rings (SSSR count). The van der Waals surface area contributed by atoms with E-state index in [1.165, 1.54) is 18.2 Å². The first-order valence-electron chi connectivity index (χ1n) is 9.69. The second kappa shape index (κ2) is 9.52. The average Bonchev–Trinajstić information content (AvgIpc) is 2.82. The normalized spacial score (nSPS) is 10.3. The molecule has 0 saturated carbocycles. The van der Waals surface area contributed by atoms with Gasteiger partial charge in [0.1, 0.15) is 0 Å². The Labute approximate surface area is 183 Å². The lowest BCUT2D eigenvalue weighted by molar-refractivity contribution is 0.262. The Kier molecular flexibility index (Phi) is 6.17. The van der Waals surface area contributed by atoms with Crippen molar-refractivity contribution < 1.29 is 13.9 Å². The highest BCUT2D eigenvalue weighted by Gasteiger charge is 2.14. The molecule has 9 heteroatoms. The summed E-state index contributed by atoms with van der Waals surface area (Å²) in [5.74, 6) is -0.0676. The van der Waals surface area contributed by atoms with Crippen molar-refractivity contribution in [3.05, 3.63) is 84.9 Å². The van der Waals surface area contributed by atoms with Crippen molar-refractivity contribution in [1.29, 1.82) is 0 Å². The molecule has 2 amide bonds. The molecule has 2 heterocycles. The third-order valence-corrected chi connectivity index (χ3v) is 4.35. The molecule has 0 aliphatic carbocycles. The molecule has 0 atom stereocenters. The summed E-state index contributed by atoms with van der Waals surface area (Å²) in [6, 6.07) is 17.8. The van der Waals surface area contributed by atoms with Gasteiger partial charge in [-0.2, -0.15) is 0 Å². The molecule has 4 aromatic rings. The number of para-hydroxylation sites is 1. The fraction of sp³-hybridized carbons (Fsp3) is 0.0435. The predicted octanol–water partition coefficient (Wildman–Crippen LogP) is 5.16. The van der Waals surface area contributed by atoms with E-state index in [9.17, 15) is 9.18 Å². The summed E-state index contributed by atoms with van der Waals surface area (Å²) in [4.78, 5) is 24.8. The second-order valence-electron chi connectivity index (χ2n) is 6.56. The van der Waals surface area contributed by atoms with Crippen LogP contribution in [0.2, 0.25) is 0 Å². The van der Waals surface area contributed by atoms with Gasteiger partial charge in [0.15, 0.2) is 11.6 Å². The van der Waals surface area contributed by atoms with Crippen LogP contribution in [0.15, 0.2) is 79.1 Å². The number of aromatic nitrogens is 3. The van der Waals surface area contributed by atoms with Crippen molar-refractivity contribution in [2.45, 2.75) is 0 Å². The molecule has 3 N–H and O–H groups in total. The van der Waals surface area contributed by atoms with Gasteiger partial charge in [-0.3, -0.25) is 0 Å². The number of amides is 2. The Morgan fingerprint density at radius 3 is 2.50 bits per heavy atom. The van der Waals surface area contributed by atoms with Crippen LogP contribution in [0.25, 0.3) is 11.3 Å². The van der Waals surface area contributed by atoms with E-state index in [4.69, 9.17) is 4.74 Å². The Bertz CT molecular complexity index is 1240. The Balaban J connectivity index is 1.50. The smallest absolute Gasteiger partial charge is 0.323 e. The topological polar surface area (TPSA) is 101 Å². The summed E-state index contributed by atoms with van der Waals surface area (Å²) in [6.45, 7) is 0. The van der Waals surface area contributed by atoms with Crippen molar-refractivity contribution in [3.63, 3.8) is 0 Å². The van der Waals surface area contributed by atoms with E-state index in [0.29, 0.717) is 22.9 Å². The Hall–Kier alpha value is -4.53. The molecule has 160 valence electrons. The number of benzene rings is 2. The summed E-state index contributed by atoms with van der Waals surface area (Å²) in [6.07, 6.45) is 3.15. The van der Waals surface area contributed by atoms with Gasteiger partial charge < -0.3 is 20.7 Å². The first-order valence-corrected chi connectivity index (χ1v) is 9.69. The monoisotopic (exact) mass is 430 g/mol. The van der Waals surface area contributed by atoms with Gasteiger partial charge in [-0.1, -0.05) is 18.2 Å². The van der Waals surface area contributed by atoms with Crippen molar-refractivity contribution in [2.24, 2.45) is 0 Å². The zero-order valence-corrected chi connectivity index (χ0v) is 17.0. The Morgan fingerprint density at radius 1 is 0.906 bits per heavy atom. The molecule has 32 heavy (non-hydrogen) atoms. The highest BCUT2D eigenvalue weighted by atomic mass is 19.1. The minimum absolute atomic E-state index is 0.0399. The molecular weight excluding hydrogens is 411 g/mol. The molecule has 0 aliphatic rings. The zero-order chi connectivity index (χ0) is 22.3. The summed E-state index contributed by atoms with van der Waals surface area (Å²) in [7, 11) is 1.71. The molecule has 0 spiro atoms. The average molecular weight is 430 g/mol. The van der Waals surface area contributed by atoms with Crippen LogP contribution < -0.4 is 20.7 Å². The van der Waals surface area contributed by atoms with E-state index < -0.39 is 11.8 Å². The number of urea groups is 1. The van der Waals surface area contributed by atoms with E-state index in [1.807, 2.05) is 6.07 Å². The van der Waals surface area contributed by atoms with Gasteiger partial charge in [0.25, 0.3) is 0 Å². The highest BCUT2D eigenvalue weighted by Crippen LogP contribution is 2.32. The number of halogens is 1. The van der Waals surface area contributed by atoms with E-state index in [1.54, 1.807) is 61.9 Å². The first kappa shape index (κ1) is 20.7. The van der Waals surface area contributed by atoms with Crippen LogP contribution in [-0.4, -0.2) is 28.0 Å². The molecule has 0 saturated heterocycles. The maximum atomic E-state index is 14.7. The number of anilines is 3. The molecule has 0 bridgehead atoms. The third-order valence-electron chi connectivity index (χ3n) is 4.35. The van der Waals surface area contributed by atoms with Crippen molar-refractivity contribution >= 4 is 23.4 Å². The number of ether oxygens (including phenoxy) is 1. The number of carbonyl (C=O) groups is 1. The zero-order valence-electron chi connectivity index (χ0n) is 17.0. The maximum absolute atomic E-state index is 14.7. The van der Waals surface area contributed by atoms with Gasteiger partial charge in [0, 0.05) is 36.9 Å². The van der Waals surface area contributed by atoms with Crippen LogP contribution in [0.3, 0.4) is 0 Å². The summed E-state index contributed by atoms with van der Waals surface area (Å²) in [5.41, 5.74) is 2.05.